The molecule has 0 fully saturated rings. The van der Waals surface area contributed by atoms with Gasteiger partial charge in [-0.1, -0.05) is 11.6 Å². The van der Waals surface area contributed by atoms with Crippen LogP contribution in [0.4, 0.5) is 0 Å². The summed E-state index contributed by atoms with van der Waals surface area (Å²) in [6.07, 6.45) is 1.68. The first-order valence-electron chi connectivity index (χ1n) is 3.49. The molecule has 0 spiro atoms. The fourth-order valence-electron chi connectivity index (χ4n) is 1.13. The van der Waals surface area contributed by atoms with E-state index in [0.717, 1.165) is 11.3 Å². The molecule has 4 heteroatoms. The van der Waals surface area contributed by atoms with Gasteiger partial charge in [0, 0.05) is 0 Å². The molecule has 2 aromatic rings. The Kier molecular flexibility index (Phi) is 1.66. The van der Waals surface area contributed by atoms with Crippen LogP contribution in [-0.4, -0.2) is 16.7 Å². The molecule has 0 aliphatic carbocycles. The number of hydrogen-bond donors (Lipinski definition) is 0. The van der Waals surface area contributed by atoms with Crippen LogP contribution in [-0.2, 0) is 0 Å². The first kappa shape index (κ1) is 7.43. The van der Waals surface area contributed by atoms with Crippen molar-refractivity contribution in [3.63, 3.8) is 0 Å². The minimum Gasteiger partial charge on any atom is -0.494 e. The first-order valence-corrected chi connectivity index (χ1v) is 3.87. The minimum atomic E-state index is 0.579. The van der Waals surface area contributed by atoms with E-state index >= 15 is 0 Å². The van der Waals surface area contributed by atoms with Gasteiger partial charge in [0.25, 0.3) is 0 Å². The predicted octanol–water partition coefficient (Wildman–Crippen LogP) is 2.00. The maximum absolute atomic E-state index is 5.87. The van der Waals surface area contributed by atoms with E-state index in [1.807, 2.05) is 12.1 Å². The van der Waals surface area contributed by atoms with Gasteiger partial charge in [-0.25, -0.2) is 4.52 Å². The Bertz CT molecular complexity index is 410. The van der Waals surface area contributed by atoms with Crippen molar-refractivity contribution in [2.45, 2.75) is 0 Å². The third-order valence-corrected chi connectivity index (χ3v) is 1.98. The average molecular weight is 183 g/mol. The molecule has 0 saturated heterocycles. The lowest BCUT2D eigenvalue weighted by Crippen LogP contribution is -1.91. The number of aromatic nitrogens is 2. The van der Waals surface area contributed by atoms with Gasteiger partial charge in [-0.05, 0) is 18.2 Å². The van der Waals surface area contributed by atoms with Crippen LogP contribution in [0.3, 0.4) is 0 Å². The van der Waals surface area contributed by atoms with Gasteiger partial charge in [0.15, 0.2) is 0 Å². The number of halogens is 1. The van der Waals surface area contributed by atoms with E-state index in [1.165, 1.54) is 0 Å². The third-order valence-electron chi connectivity index (χ3n) is 1.69. The van der Waals surface area contributed by atoms with Gasteiger partial charge in [0.1, 0.15) is 16.4 Å². The van der Waals surface area contributed by atoms with Crippen LogP contribution in [0.2, 0.25) is 5.15 Å². The van der Waals surface area contributed by atoms with Crippen LogP contribution in [0.5, 0.6) is 5.75 Å². The third kappa shape index (κ3) is 0.940. The van der Waals surface area contributed by atoms with Crippen molar-refractivity contribution in [2.75, 3.05) is 7.11 Å². The molecule has 0 saturated carbocycles. The van der Waals surface area contributed by atoms with E-state index in [0.29, 0.717) is 5.15 Å². The van der Waals surface area contributed by atoms with Gasteiger partial charge < -0.3 is 4.74 Å². The van der Waals surface area contributed by atoms with Crippen molar-refractivity contribution in [1.29, 1.82) is 0 Å². The molecule has 0 bridgehead atoms. The van der Waals surface area contributed by atoms with Crippen LogP contribution < -0.4 is 4.74 Å². The number of nitrogens with zero attached hydrogens (tertiary/aromatic N) is 2. The summed E-state index contributed by atoms with van der Waals surface area (Å²) in [6, 6.07) is 5.42. The molecule has 12 heavy (non-hydrogen) atoms. The topological polar surface area (TPSA) is 26.5 Å². The highest BCUT2D eigenvalue weighted by atomic mass is 35.5. The quantitative estimate of drug-likeness (QED) is 0.631. The maximum atomic E-state index is 5.87. The summed E-state index contributed by atoms with van der Waals surface area (Å²) in [5.41, 5.74) is 0.880. The minimum absolute atomic E-state index is 0.579. The Balaban J connectivity index is 2.82. The Morgan fingerprint density at radius 3 is 3.00 bits per heavy atom. The van der Waals surface area contributed by atoms with Crippen molar-refractivity contribution in [1.82, 2.24) is 9.61 Å². The van der Waals surface area contributed by atoms with Gasteiger partial charge in [0.05, 0.1) is 13.3 Å². The number of rotatable bonds is 1. The molecule has 0 atom stereocenters. The van der Waals surface area contributed by atoms with Crippen LogP contribution in [0.25, 0.3) is 5.52 Å². The second kappa shape index (κ2) is 2.68. The van der Waals surface area contributed by atoms with E-state index < -0.39 is 0 Å². The second-order valence-corrected chi connectivity index (χ2v) is 2.74. The van der Waals surface area contributed by atoms with E-state index in [9.17, 15) is 0 Å². The summed E-state index contributed by atoms with van der Waals surface area (Å²) in [4.78, 5) is 0. The lowest BCUT2D eigenvalue weighted by molar-refractivity contribution is 0.417. The lowest BCUT2D eigenvalue weighted by Gasteiger charge is -2.02. The Morgan fingerprint density at radius 2 is 2.25 bits per heavy atom. The fourth-order valence-corrected chi connectivity index (χ4v) is 1.33. The summed E-state index contributed by atoms with van der Waals surface area (Å²) in [6.45, 7) is 0. The summed E-state index contributed by atoms with van der Waals surface area (Å²) in [5, 5.41) is 4.61. The molecule has 0 aliphatic heterocycles. The number of hydrogen-bond acceptors (Lipinski definition) is 2. The van der Waals surface area contributed by atoms with Crippen molar-refractivity contribution in [2.24, 2.45) is 0 Å². The van der Waals surface area contributed by atoms with Crippen LogP contribution >= 0.6 is 11.6 Å². The molecule has 2 heterocycles. The first-order chi connectivity index (χ1) is 5.83. The molecule has 2 aromatic heterocycles. The van der Waals surface area contributed by atoms with Crippen molar-refractivity contribution < 1.29 is 4.74 Å². The largest absolute Gasteiger partial charge is 0.494 e. The highest BCUT2D eigenvalue weighted by molar-refractivity contribution is 6.29. The van der Waals surface area contributed by atoms with Crippen molar-refractivity contribution in [3.8, 4) is 5.75 Å². The molecular weight excluding hydrogens is 176 g/mol. The van der Waals surface area contributed by atoms with E-state index in [1.54, 1.807) is 23.9 Å². The molecular formula is C8H7ClN2O. The Hall–Kier alpha value is -1.22. The van der Waals surface area contributed by atoms with E-state index in [-0.39, 0.29) is 0 Å². The molecule has 0 N–H and O–H groups in total. The van der Waals surface area contributed by atoms with E-state index in [4.69, 9.17) is 16.3 Å². The van der Waals surface area contributed by atoms with Crippen LogP contribution in [0, 0.1) is 0 Å². The normalized spacial score (nSPS) is 10.5. The van der Waals surface area contributed by atoms with Gasteiger partial charge in [-0.3, -0.25) is 0 Å². The van der Waals surface area contributed by atoms with Crippen molar-refractivity contribution in [3.05, 3.63) is 29.5 Å². The van der Waals surface area contributed by atoms with Gasteiger partial charge in [-0.2, -0.15) is 5.10 Å². The lowest BCUT2D eigenvalue weighted by atomic mass is 10.4. The zero-order valence-corrected chi connectivity index (χ0v) is 7.25. The molecule has 62 valence electrons. The van der Waals surface area contributed by atoms with Crippen molar-refractivity contribution >= 4 is 17.1 Å². The Morgan fingerprint density at radius 1 is 1.42 bits per heavy atom. The molecule has 0 amide bonds. The number of pyridine rings is 1. The van der Waals surface area contributed by atoms with Crippen LogP contribution in [0.1, 0.15) is 0 Å². The smallest absolute Gasteiger partial charge is 0.144 e. The SMILES string of the molecule is COc1ccc(Cl)n2nccc12. The predicted molar refractivity (Wildman–Crippen MR) is 46.8 cm³/mol. The van der Waals surface area contributed by atoms with E-state index in [2.05, 4.69) is 5.10 Å². The standard InChI is InChI=1S/C8H7ClN2O/c1-12-7-2-3-8(9)11-6(7)4-5-10-11/h2-5H,1H3. The summed E-state index contributed by atoms with van der Waals surface area (Å²) >= 11 is 5.87. The van der Waals surface area contributed by atoms with Gasteiger partial charge in [-0.15, -0.1) is 0 Å². The van der Waals surface area contributed by atoms with Gasteiger partial charge in [0.2, 0.25) is 0 Å². The zero-order valence-electron chi connectivity index (χ0n) is 6.49. The monoisotopic (exact) mass is 182 g/mol. The van der Waals surface area contributed by atoms with Crippen LogP contribution in [0.15, 0.2) is 24.4 Å². The highest BCUT2D eigenvalue weighted by Gasteiger charge is 2.03. The van der Waals surface area contributed by atoms with Gasteiger partial charge >= 0.3 is 0 Å². The summed E-state index contributed by atoms with van der Waals surface area (Å²) in [7, 11) is 1.62. The second-order valence-electron chi connectivity index (χ2n) is 2.35. The molecule has 0 radical (unpaired) electrons. The summed E-state index contributed by atoms with van der Waals surface area (Å²) < 4.78 is 6.75. The highest BCUT2D eigenvalue weighted by Crippen LogP contribution is 2.22. The molecule has 3 nitrogen and oxygen atoms in total. The maximum Gasteiger partial charge on any atom is 0.144 e. The zero-order chi connectivity index (χ0) is 8.55. The Labute approximate surface area is 74.5 Å². The fraction of sp³-hybridized carbons (Fsp3) is 0.125. The molecule has 2 rings (SSSR count). The number of fused-ring (bicyclic) bond motifs is 1. The molecule has 0 aliphatic rings. The average Bonchev–Trinajstić information content (AvgIpc) is 2.54. The summed E-state index contributed by atoms with van der Waals surface area (Å²) in [5.74, 6) is 0.775. The molecule has 0 unspecified atom stereocenters. The number of methoxy groups -OCH3 is 1. The molecule has 0 aromatic carbocycles. The number of ether oxygens (including phenoxy) is 1.